The molecule has 6 saturated heterocycles. The lowest BCUT2D eigenvalue weighted by atomic mass is 9.76. The van der Waals surface area contributed by atoms with E-state index >= 15 is 0 Å². The summed E-state index contributed by atoms with van der Waals surface area (Å²) >= 11 is 0. The number of carboxylic acid groups (broad SMARTS) is 1. The van der Waals surface area contributed by atoms with E-state index in [9.17, 15) is 30.0 Å². The number of hydrogen-bond acceptors (Lipinski definition) is 13. The highest BCUT2D eigenvalue weighted by atomic mass is 16.8. The van der Waals surface area contributed by atoms with Gasteiger partial charge in [0.15, 0.2) is 29.4 Å². The third kappa shape index (κ3) is 9.71. The summed E-state index contributed by atoms with van der Waals surface area (Å²) in [7, 11) is 1.70. The van der Waals surface area contributed by atoms with Gasteiger partial charge in [0.05, 0.1) is 67.0 Å². The van der Waals surface area contributed by atoms with Crippen molar-refractivity contribution < 1.29 is 67.9 Å². The first-order chi connectivity index (χ1) is 28.5. The summed E-state index contributed by atoms with van der Waals surface area (Å²) < 4.78 is 53.9. The fourth-order valence-electron chi connectivity index (χ4n) is 11.8. The second-order valence-corrected chi connectivity index (χ2v) is 20.6. The van der Waals surface area contributed by atoms with Crippen LogP contribution in [0.1, 0.15) is 134 Å². The second-order valence-electron chi connectivity index (χ2n) is 20.6. The molecule has 14 nitrogen and oxygen atoms in total. The standard InChI is InChI=1S/C47H78O14/c1-24(40(50)25(2)18-28(5)43(51)52)17-26(3)41-31(8)34(49)22-45(59-41)16-15-44(11,61-45)38-21-36(56-39-14-13-35(54-12)33(10)55-39)32(9)47(58-38)30(7)20-37(57-47)42-27(4)19-29(6)46(53,23-48)60-42/h17,25-39,41-42,48-49,53H,13-16,18-23H2,1-12H3,(H,51,52)/b24-17+/t25-,26-,27+,28+,29-,30+,31-,32-,33+,34+,35-,36+,37+,38+,39-,41+,42+,44+,45-,46-,47-/m1/s1. The lowest BCUT2D eigenvalue weighted by Gasteiger charge is -2.54. The molecule has 6 heterocycles. The fourth-order valence-corrected chi connectivity index (χ4v) is 11.8. The molecule has 6 rings (SSSR count). The molecule has 2 spiro atoms. The average molecular weight is 867 g/mol. The maximum absolute atomic E-state index is 13.4. The van der Waals surface area contributed by atoms with Gasteiger partial charge in [-0.15, -0.1) is 0 Å². The number of Topliss-reactive ketones (excluding diaryl/α,β-unsaturated/α-hetero) is 1. The van der Waals surface area contributed by atoms with E-state index < -0.39 is 84.2 Å². The molecule has 6 aliphatic heterocycles. The van der Waals surface area contributed by atoms with Gasteiger partial charge in [0, 0.05) is 68.3 Å². The van der Waals surface area contributed by atoms with E-state index in [-0.39, 0.29) is 72.4 Å². The highest BCUT2D eigenvalue weighted by Crippen LogP contribution is 2.56. The van der Waals surface area contributed by atoms with E-state index in [1.54, 1.807) is 27.9 Å². The summed E-state index contributed by atoms with van der Waals surface area (Å²) in [6, 6.07) is 0. The summed E-state index contributed by atoms with van der Waals surface area (Å²) in [5.41, 5.74) is -0.326. The van der Waals surface area contributed by atoms with Crippen LogP contribution in [0, 0.1) is 47.3 Å². The molecule has 0 aromatic rings. The minimum absolute atomic E-state index is 0.0130. The molecule has 0 unspecified atom stereocenters. The van der Waals surface area contributed by atoms with Gasteiger partial charge in [0.1, 0.15) is 0 Å². The van der Waals surface area contributed by atoms with Gasteiger partial charge in [-0.1, -0.05) is 61.5 Å². The molecule has 6 fully saturated rings. The topological polar surface area (TPSA) is 189 Å². The molecular formula is C47H78O14. The van der Waals surface area contributed by atoms with Gasteiger partial charge in [0.2, 0.25) is 0 Å². The molecular weight excluding hydrogens is 789 g/mol. The minimum atomic E-state index is -1.66. The third-order valence-electron chi connectivity index (χ3n) is 15.9. The van der Waals surface area contributed by atoms with Gasteiger partial charge >= 0.3 is 5.97 Å². The Balaban J connectivity index is 1.24. The number of hydrogen-bond donors (Lipinski definition) is 4. The Hall–Kier alpha value is -1.56. The van der Waals surface area contributed by atoms with Crippen LogP contribution in [0.5, 0.6) is 0 Å². The van der Waals surface area contributed by atoms with Gasteiger partial charge in [-0.2, -0.15) is 0 Å². The zero-order valence-corrected chi connectivity index (χ0v) is 38.8. The molecule has 0 aromatic carbocycles. The number of aliphatic hydroxyl groups is 3. The Morgan fingerprint density at radius 2 is 1.61 bits per heavy atom. The fraction of sp³-hybridized carbons (Fsp3) is 0.915. The summed E-state index contributed by atoms with van der Waals surface area (Å²) in [4.78, 5) is 24.8. The van der Waals surface area contributed by atoms with Crippen molar-refractivity contribution in [3.63, 3.8) is 0 Å². The lowest BCUT2D eigenvalue weighted by molar-refractivity contribution is -0.390. The van der Waals surface area contributed by atoms with Crippen molar-refractivity contribution in [1.29, 1.82) is 0 Å². The normalized spacial score (nSPS) is 48.6. The summed E-state index contributed by atoms with van der Waals surface area (Å²) in [5.74, 6) is -7.01. The Morgan fingerprint density at radius 3 is 2.25 bits per heavy atom. The molecule has 0 aliphatic carbocycles. The SMILES string of the molecule is CO[C@@H]1CC[C@@H](O[C@H]2C[C@@H]([C@]3(C)CC[C@]4(C[C@H](O)[C@@H](C)[C@H]([C@H](C)/C=C(\C)C(=O)[C@H](C)C[C@H](C)C(=O)O)O4)O3)O[C@@]3(O[C@H]([C@H]4O[C@](O)(CO)[C@H](C)C[C@@H]4C)C[C@@H]3C)[C@@H]2C)O[C@H]1C. The van der Waals surface area contributed by atoms with E-state index in [2.05, 4.69) is 27.7 Å². The molecule has 14 heteroatoms. The van der Waals surface area contributed by atoms with E-state index in [1.165, 1.54) is 0 Å². The van der Waals surface area contributed by atoms with Crippen molar-refractivity contribution in [1.82, 2.24) is 0 Å². The lowest BCUT2D eigenvalue weighted by Crippen LogP contribution is -2.63. The van der Waals surface area contributed by atoms with Crippen LogP contribution in [-0.2, 0) is 47.5 Å². The number of aliphatic carboxylic acids is 1. The van der Waals surface area contributed by atoms with Crippen LogP contribution in [0.2, 0.25) is 0 Å². The summed E-state index contributed by atoms with van der Waals surface area (Å²) in [6.07, 6.45) is 3.25. The molecule has 4 N–H and O–H groups in total. The highest BCUT2D eigenvalue weighted by molar-refractivity contribution is 5.96. The van der Waals surface area contributed by atoms with Crippen LogP contribution >= 0.6 is 0 Å². The number of methoxy groups -OCH3 is 1. The van der Waals surface area contributed by atoms with Crippen molar-refractivity contribution >= 4 is 11.8 Å². The summed E-state index contributed by atoms with van der Waals surface area (Å²) in [5, 5.41) is 42.5. The van der Waals surface area contributed by atoms with Crippen LogP contribution in [0.3, 0.4) is 0 Å². The van der Waals surface area contributed by atoms with Crippen LogP contribution in [-0.4, -0.2) is 124 Å². The number of carbonyl (C=O) groups is 2. The van der Waals surface area contributed by atoms with Crippen LogP contribution in [0.15, 0.2) is 11.6 Å². The quantitative estimate of drug-likeness (QED) is 0.154. The van der Waals surface area contributed by atoms with Crippen LogP contribution in [0.25, 0.3) is 0 Å². The predicted molar refractivity (Wildman–Crippen MR) is 224 cm³/mol. The maximum atomic E-state index is 13.4. The van der Waals surface area contributed by atoms with Crippen LogP contribution < -0.4 is 0 Å². The molecule has 21 atom stereocenters. The van der Waals surface area contributed by atoms with Crippen LogP contribution in [0.4, 0.5) is 0 Å². The summed E-state index contributed by atoms with van der Waals surface area (Å²) in [6.45, 7) is 20.9. The zero-order chi connectivity index (χ0) is 45.0. The number of ketones is 1. The second kappa shape index (κ2) is 18.7. The van der Waals surface area contributed by atoms with Crippen molar-refractivity contribution in [2.45, 2.75) is 212 Å². The number of aliphatic hydroxyl groups excluding tert-OH is 2. The Morgan fingerprint density at radius 1 is 0.902 bits per heavy atom. The van der Waals surface area contributed by atoms with E-state index in [1.807, 2.05) is 33.8 Å². The van der Waals surface area contributed by atoms with Gasteiger partial charge in [-0.05, 0) is 64.4 Å². The number of ether oxygens (including phenoxy) is 8. The van der Waals surface area contributed by atoms with Gasteiger partial charge in [-0.3, -0.25) is 9.59 Å². The average Bonchev–Trinajstić information content (AvgIpc) is 3.71. The molecule has 0 aromatic heterocycles. The first kappa shape index (κ1) is 48.9. The Bertz CT molecular complexity index is 1570. The van der Waals surface area contributed by atoms with Crippen molar-refractivity contribution in [3.05, 3.63) is 11.6 Å². The molecule has 350 valence electrons. The predicted octanol–water partition coefficient (Wildman–Crippen LogP) is 6.15. The molecule has 0 radical (unpaired) electrons. The number of rotatable bonds is 13. The highest BCUT2D eigenvalue weighted by Gasteiger charge is 2.65. The Labute approximate surface area is 363 Å². The van der Waals surface area contributed by atoms with Gasteiger partial charge < -0.3 is 58.3 Å². The van der Waals surface area contributed by atoms with Gasteiger partial charge in [-0.25, -0.2) is 0 Å². The molecule has 0 amide bonds. The largest absolute Gasteiger partial charge is 0.481 e. The number of allylic oxidation sites excluding steroid dienone is 1. The number of carbonyl (C=O) groups excluding carboxylic acids is 1. The van der Waals surface area contributed by atoms with E-state index in [0.717, 1.165) is 6.42 Å². The molecule has 61 heavy (non-hydrogen) atoms. The smallest absolute Gasteiger partial charge is 0.306 e. The first-order valence-electron chi connectivity index (χ1n) is 23.2. The van der Waals surface area contributed by atoms with E-state index in [4.69, 9.17) is 37.9 Å². The third-order valence-corrected chi connectivity index (χ3v) is 15.9. The first-order valence-corrected chi connectivity index (χ1v) is 23.2. The zero-order valence-electron chi connectivity index (χ0n) is 38.8. The maximum Gasteiger partial charge on any atom is 0.306 e. The van der Waals surface area contributed by atoms with Gasteiger partial charge in [0.25, 0.3) is 0 Å². The monoisotopic (exact) mass is 867 g/mol. The number of carboxylic acids is 1. The van der Waals surface area contributed by atoms with Crippen molar-refractivity contribution in [3.8, 4) is 0 Å². The molecule has 0 bridgehead atoms. The van der Waals surface area contributed by atoms with E-state index in [0.29, 0.717) is 44.1 Å². The minimum Gasteiger partial charge on any atom is -0.481 e. The van der Waals surface area contributed by atoms with Crippen molar-refractivity contribution in [2.75, 3.05) is 13.7 Å². The van der Waals surface area contributed by atoms with Crippen molar-refractivity contribution in [2.24, 2.45) is 47.3 Å². The molecule has 0 saturated carbocycles. The Kier molecular flexibility index (Phi) is 15.0. The molecule has 6 aliphatic rings.